The summed E-state index contributed by atoms with van der Waals surface area (Å²) < 4.78 is 2.24. The predicted octanol–water partition coefficient (Wildman–Crippen LogP) is 1.88. The maximum absolute atomic E-state index is 8.97. The van der Waals surface area contributed by atoms with Crippen LogP contribution in [0.1, 0.15) is 31.0 Å². The summed E-state index contributed by atoms with van der Waals surface area (Å²) in [6, 6.07) is 5.87. The summed E-state index contributed by atoms with van der Waals surface area (Å²) in [7, 11) is 0. The number of nitrogen functional groups attached to an aromatic ring is 1. The molecule has 0 atom stereocenters. The summed E-state index contributed by atoms with van der Waals surface area (Å²) in [5.41, 5.74) is 8.65. The second kappa shape index (κ2) is 4.04. The molecule has 90 valence electrons. The van der Waals surface area contributed by atoms with Crippen molar-refractivity contribution in [1.82, 2.24) is 9.55 Å². The highest BCUT2D eigenvalue weighted by atomic mass is 16.3. The quantitative estimate of drug-likeness (QED) is 0.790. The Balaban J connectivity index is 2.09. The zero-order valence-electron chi connectivity index (χ0n) is 9.76. The summed E-state index contributed by atoms with van der Waals surface area (Å²) in [4.78, 5) is 4.69. The lowest BCUT2D eigenvalue weighted by molar-refractivity contribution is 0.280. The van der Waals surface area contributed by atoms with Crippen molar-refractivity contribution >= 4 is 16.7 Å². The van der Waals surface area contributed by atoms with E-state index in [-0.39, 0.29) is 6.61 Å². The molecule has 0 amide bonds. The van der Waals surface area contributed by atoms with Crippen molar-refractivity contribution in [1.29, 1.82) is 0 Å². The van der Waals surface area contributed by atoms with Crippen molar-refractivity contribution < 1.29 is 5.11 Å². The van der Waals surface area contributed by atoms with Gasteiger partial charge in [0.05, 0.1) is 11.0 Å². The van der Waals surface area contributed by atoms with Crippen LogP contribution in [0.5, 0.6) is 0 Å². The summed E-state index contributed by atoms with van der Waals surface area (Å²) in [6.45, 7) is 1.06. The number of benzene rings is 1. The van der Waals surface area contributed by atoms with Gasteiger partial charge in [0.2, 0.25) is 0 Å². The topological polar surface area (TPSA) is 64.1 Å². The Morgan fingerprint density at radius 1 is 1.41 bits per heavy atom. The first-order chi connectivity index (χ1) is 8.29. The number of anilines is 1. The van der Waals surface area contributed by atoms with Crippen LogP contribution < -0.4 is 5.73 Å². The van der Waals surface area contributed by atoms with E-state index in [0.717, 1.165) is 29.7 Å². The summed E-state index contributed by atoms with van der Waals surface area (Å²) in [5, 5.41) is 8.97. The number of aryl methyl sites for hydroxylation is 1. The van der Waals surface area contributed by atoms with Crippen LogP contribution in [0.15, 0.2) is 18.2 Å². The van der Waals surface area contributed by atoms with Crippen LogP contribution in [0.3, 0.4) is 0 Å². The molecule has 0 aliphatic heterocycles. The van der Waals surface area contributed by atoms with Crippen LogP contribution >= 0.6 is 0 Å². The number of hydrogen-bond acceptors (Lipinski definition) is 3. The highest BCUT2D eigenvalue weighted by Crippen LogP contribution is 2.40. The SMILES string of the molecule is Nc1ccc2c(c1)nc(C1CC1)n2CCCO. The average molecular weight is 231 g/mol. The standard InChI is InChI=1S/C13H17N3O/c14-10-4-5-12-11(8-10)15-13(9-2-3-9)16(12)6-1-7-17/h4-5,8-9,17H,1-3,6-7,14H2. The molecule has 3 N–H and O–H groups in total. The minimum atomic E-state index is 0.221. The van der Waals surface area contributed by atoms with Crippen molar-refractivity contribution in [2.24, 2.45) is 0 Å². The van der Waals surface area contributed by atoms with Crippen LogP contribution in [0, 0.1) is 0 Å². The van der Waals surface area contributed by atoms with Gasteiger partial charge in [-0.25, -0.2) is 4.98 Å². The molecule has 4 heteroatoms. The van der Waals surface area contributed by atoms with E-state index in [2.05, 4.69) is 9.55 Å². The normalized spacial score (nSPS) is 15.6. The number of nitrogens with zero attached hydrogens (tertiary/aromatic N) is 2. The van der Waals surface area contributed by atoms with E-state index in [1.54, 1.807) is 0 Å². The molecule has 1 aromatic carbocycles. The molecule has 1 aliphatic rings. The maximum Gasteiger partial charge on any atom is 0.112 e. The number of aliphatic hydroxyl groups excluding tert-OH is 1. The zero-order chi connectivity index (χ0) is 11.8. The first-order valence-electron chi connectivity index (χ1n) is 6.16. The number of aromatic nitrogens is 2. The van der Waals surface area contributed by atoms with Crippen LogP contribution in [-0.2, 0) is 6.54 Å². The molecule has 1 saturated carbocycles. The first-order valence-corrected chi connectivity index (χ1v) is 6.16. The molecule has 3 rings (SSSR count). The summed E-state index contributed by atoms with van der Waals surface area (Å²) in [6.07, 6.45) is 3.24. The molecule has 2 aromatic rings. The third kappa shape index (κ3) is 1.89. The van der Waals surface area contributed by atoms with Gasteiger partial charge in [-0.1, -0.05) is 0 Å². The highest BCUT2D eigenvalue weighted by molar-refractivity contribution is 5.79. The molecule has 0 saturated heterocycles. The molecule has 1 aliphatic carbocycles. The number of rotatable bonds is 4. The van der Waals surface area contributed by atoms with E-state index < -0.39 is 0 Å². The molecule has 0 bridgehead atoms. The molecule has 0 spiro atoms. The van der Waals surface area contributed by atoms with Gasteiger partial charge in [0.25, 0.3) is 0 Å². The Morgan fingerprint density at radius 2 is 2.24 bits per heavy atom. The van der Waals surface area contributed by atoms with Gasteiger partial charge in [-0.05, 0) is 37.5 Å². The van der Waals surface area contributed by atoms with Crippen molar-refractivity contribution in [3.8, 4) is 0 Å². The minimum absolute atomic E-state index is 0.221. The van der Waals surface area contributed by atoms with E-state index in [4.69, 9.17) is 10.8 Å². The van der Waals surface area contributed by atoms with E-state index in [1.807, 2.05) is 18.2 Å². The van der Waals surface area contributed by atoms with Gasteiger partial charge >= 0.3 is 0 Å². The minimum Gasteiger partial charge on any atom is -0.399 e. The number of fused-ring (bicyclic) bond motifs is 1. The van der Waals surface area contributed by atoms with E-state index in [0.29, 0.717) is 5.92 Å². The third-order valence-electron chi connectivity index (χ3n) is 3.28. The molecular weight excluding hydrogens is 214 g/mol. The largest absolute Gasteiger partial charge is 0.399 e. The molecule has 0 radical (unpaired) electrons. The molecule has 1 fully saturated rings. The van der Waals surface area contributed by atoms with Crippen molar-refractivity contribution in [2.75, 3.05) is 12.3 Å². The molecule has 17 heavy (non-hydrogen) atoms. The van der Waals surface area contributed by atoms with Crippen LogP contribution in [0.4, 0.5) is 5.69 Å². The van der Waals surface area contributed by atoms with Crippen molar-refractivity contribution in [2.45, 2.75) is 31.7 Å². The highest BCUT2D eigenvalue weighted by Gasteiger charge is 2.29. The lowest BCUT2D eigenvalue weighted by Crippen LogP contribution is -2.04. The smallest absolute Gasteiger partial charge is 0.112 e. The maximum atomic E-state index is 8.97. The van der Waals surface area contributed by atoms with Crippen LogP contribution in [-0.4, -0.2) is 21.3 Å². The van der Waals surface area contributed by atoms with Gasteiger partial charge in [0.15, 0.2) is 0 Å². The van der Waals surface area contributed by atoms with Gasteiger partial charge in [-0.2, -0.15) is 0 Å². The predicted molar refractivity (Wildman–Crippen MR) is 67.8 cm³/mol. The van der Waals surface area contributed by atoms with E-state index in [1.165, 1.54) is 18.7 Å². The van der Waals surface area contributed by atoms with Crippen molar-refractivity contribution in [3.05, 3.63) is 24.0 Å². The number of hydrogen-bond donors (Lipinski definition) is 2. The van der Waals surface area contributed by atoms with Gasteiger partial charge < -0.3 is 15.4 Å². The fourth-order valence-corrected chi connectivity index (χ4v) is 2.28. The molecule has 1 heterocycles. The Hall–Kier alpha value is -1.55. The summed E-state index contributed by atoms with van der Waals surface area (Å²) in [5.74, 6) is 1.78. The molecular formula is C13H17N3O. The number of nitrogens with two attached hydrogens (primary N) is 1. The van der Waals surface area contributed by atoms with Crippen LogP contribution in [0.2, 0.25) is 0 Å². The second-order valence-electron chi connectivity index (χ2n) is 4.72. The van der Waals surface area contributed by atoms with Crippen molar-refractivity contribution in [3.63, 3.8) is 0 Å². The van der Waals surface area contributed by atoms with Gasteiger partial charge in [-0.15, -0.1) is 0 Å². The lowest BCUT2D eigenvalue weighted by Gasteiger charge is -2.07. The third-order valence-corrected chi connectivity index (χ3v) is 3.28. The Morgan fingerprint density at radius 3 is 2.94 bits per heavy atom. The van der Waals surface area contributed by atoms with Gasteiger partial charge in [-0.3, -0.25) is 0 Å². The monoisotopic (exact) mass is 231 g/mol. The molecule has 0 unspecified atom stereocenters. The number of imidazole rings is 1. The zero-order valence-corrected chi connectivity index (χ0v) is 9.76. The fraction of sp³-hybridized carbons (Fsp3) is 0.462. The Labute approximate surface area is 100 Å². The fourth-order valence-electron chi connectivity index (χ4n) is 2.28. The lowest BCUT2D eigenvalue weighted by atomic mass is 10.3. The second-order valence-corrected chi connectivity index (χ2v) is 4.72. The van der Waals surface area contributed by atoms with Gasteiger partial charge in [0.1, 0.15) is 5.82 Å². The van der Waals surface area contributed by atoms with E-state index >= 15 is 0 Å². The van der Waals surface area contributed by atoms with Crippen LogP contribution in [0.25, 0.3) is 11.0 Å². The Kier molecular flexibility index (Phi) is 2.52. The number of aliphatic hydroxyl groups is 1. The molecule has 4 nitrogen and oxygen atoms in total. The molecule has 1 aromatic heterocycles. The van der Waals surface area contributed by atoms with Gasteiger partial charge in [0, 0.05) is 24.8 Å². The first kappa shape index (κ1) is 10.6. The Bertz CT molecular complexity index is 543. The summed E-state index contributed by atoms with van der Waals surface area (Å²) >= 11 is 0. The average Bonchev–Trinajstić information content (AvgIpc) is 3.09. The van der Waals surface area contributed by atoms with E-state index in [9.17, 15) is 0 Å².